The Kier molecular flexibility index (Phi) is 5.62. The predicted octanol–water partition coefficient (Wildman–Crippen LogP) is 4.60. The van der Waals surface area contributed by atoms with Gasteiger partial charge in [0.25, 0.3) is 0 Å². The van der Waals surface area contributed by atoms with E-state index in [2.05, 4.69) is 54.4 Å². The monoisotopic (exact) mass is 431 g/mol. The molecule has 5 rings (SSSR count). The number of rotatable bonds is 4. The number of piperidine rings is 1. The second kappa shape index (κ2) is 8.57. The maximum absolute atomic E-state index is 12.7. The molecule has 1 aromatic carbocycles. The van der Waals surface area contributed by atoms with Crippen molar-refractivity contribution in [1.82, 2.24) is 19.9 Å². The number of anilines is 1. The number of carbonyl (C=O) groups is 1. The van der Waals surface area contributed by atoms with Crippen molar-refractivity contribution >= 4 is 17.4 Å². The van der Waals surface area contributed by atoms with E-state index < -0.39 is 0 Å². The highest BCUT2D eigenvalue weighted by atomic mass is 16.1. The predicted molar refractivity (Wildman–Crippen MR) is 128 cm³/mol. The Bertz CT molecular complexity index is 1120. The van der Waals surface area contributed by atoms with Crippen LogP contribution in [-0.4, -0.2) is 39.6 Å². The molecule has 0 bridgehead atoms. The first kappa shape index (κ1) is 21.0. The number of benzene rings is 1. The smallest absolute Gasteiger partial charge is 0.223 e. The zero-order valence-electron chi connectivity index (χ0n) is 19.4. The summed E-state index contributed by atoms with van der Waals surface area (Å²) < 4.78 is 1.97. The largest absolute Gasteiger partial charge is 0.356 e. The van der Waals surface area contributed by atoms with Gasteiger partial charge in [-0.2, -0.15) is 9.61 Å². The molecule has 1 aliphatic carbocycles. The minimum atomic E-state index is 0.119. The fourth-order valence-electron chi connectivity index (χ4n) is 5.33. The lowest BCUT2D eigenvalue weighted by Gasteiger charge is -2.33. The summed E-state index contributed by atoms with van der Waals surface area (Å²) in [4.78, 5) is 19.8. The Balaban J connectivity index is 1.36. The first-order chi connectivity index (χ1) is 15.5. The average molecular weight is 432 g/mol. The molecule has 3 aromatic rings. The molecule has 2 aromatic heterocycles. The Morgan fingerprint density at radius 3 is 2.31 bits per heavy atom. The molecule has 1 N–H and O–H groups in total. The third-order valence-electron chi connectivity index (χ3n) is 6.95. The minimum Gasteiger partial charge on any atom is -0.356 e. The number of nitrogens with one attached hydrogen (secondary N) is 1. The van der Waals surface area contributed by atoms with E-state index in [0.717, 1.165) is 67.2 Å². The van der Waals surface area contributed by atoms with E-state index in [0.29, 0.717) is 6.04 Å². The van der Waals surface area contributed by atoms with Crippen molar-refractivity contribution in [3.63, 3.8) is 0 Å². The van der Waals surface area contributed by atoms with Crippen molar-refractivity contribution in [3.05, 3.63) is 47.2 Å². The quantitative estimate of drug-likeness (QED) is 0.656. The van der Waals surface area contributed by atoms with Crippen LogP contribution in [0.25, 0.3) is 16.9 Å². The molecule has 32 heavy (non-hydrogen) atoms. The Morgan fingerprint density at radius 1 is 0.938 bits per heavy atom. The van der Waals surface area contributed by atoms with Gasteiger partial charge in [-0.05, 0) is 58.6 Å². The van der Waals surface area contributed by atoms with Crippen LogP contribution in [0.3, 0.4) is 0 Å². The van der Waals surface area contributed by atoms with Crippen molar-refractivity contribution in [2.75, 3.05) is 18.0 Å². The highest BCUT2D eigenvalue weighted by Gasteiger charge is 2.28. The normalized spacial score (nSPS) is 17.9. The summed E-state index contributed by atoms with van der Waals surface area (Å²) in [7, 11) is 0. The number of hydrogen-bond donors (Lipinski definition) is 1. The van der Waals surface area contributed by atoms with E-state index in [-0.39, 0.29) is 11.8 Å². The van der Waals surface area contributed by atoms with Gasteiger partial charge in [0.2, 0.25) is 5.91 Å². The van der Waals surface area contributed by atoms with Gasteiger partial charge in [0, 0.05) is 48.4 Å². The molecule has 1 saturated heterocycles. The van der Waals surface area contributed by atoms with Gasteiger partial charge in [0.1, 0.15) is 5.82 Å². The molecule has 0 atom stereocenters. The first-order valence-electron chi connectivity index (χ1n) is 12.0. The summed E-state index contributed by atoms with van der Waals surface area (Å²) in [6.45, 7) is 8.00. The van der Waals surface area contributed by atoms with Gasteiger partial charge in [-0.25, -0.2) is 4.98 Å². The summed E-state index contributed by atoms with van der Waals surface area (Å²) in [6.07, 6.45) is 6.53. The topological polar surface area (TPSA) is 62.5 Å². The van der Waals surface area contributed by atoms with Crippen LogP contribution in [0.2, 0.25) is 0 Å². The van der Waals surface area contributed by atoms with Crippen molar-refractivity contribution in [2.45, 2.75) is 65.3 Å². The number of hydrogen-bond acceptors (Lipinski definition) is 4. The van der Waals surface area contributed by atoms with E-state index in [4.69, 9.17) is 10.1 Å². The Morgan fingerprint density at radius 2 is 1.62 bits per heavy atom. The molecule has 0 radical (unpaired) electrons. The van der Waals surface area contributed by atoms with E-state index in [1.807, 2.05) is 11.4 Å². The average Bonchev–Trinajstić information content (AvgIpc) is 3.42. The molecule has 6 heteroatoms. The zero-order chi connectivity index (χ0) is 22.2. The number of fused-ring (bicyclic) bond motifs is 1. The number of carbonyl (C=O) groups excluding carboxylic acids is 1. The molecule has 1 amide bonds. The molecule has 168 valence electrons. The summed E-state index contributed by atoms with van der Waals surface area (Å²) >= 11 is 0. The number of nitrogens with zero attached hydrogens (tertiary/aromatic N) is 4. The fraction of sp³-hybridized carbons (Fsp3) is 0.500. The Hall–Kier alpha value is -2.89. The third-order valence-corrected chi connectivity index (χ3v) is 6.95. The lowest BCUT2D eigenvalue weighted by molar-refractivity contribution is -0.126. The van der Waals surface area contributed by atoms with Crippen LogP contribution in [0, 0.1) is 26.7 Å². The lowest BCUT2D eigenvalue weighted by atomic mass is 9.95. The van der Waals surface area contributed by atoms with Crippen LogP contribution < -0.4 is 10.2 Å². The maximum atomic E-state index is 12.7. The molecule has 1 saturated carbocycles. The van der Waals surface area contributed by atoms with Gasteiger partial charge in [-0.1, -0.05) is 30.0 Å². The van der Waals surface area contributed by atoms with Crippen LogP contribution in [0.15, 0.2) is 30.3 Å². The van der Waals surface area contributed by atoms with Crippen molar-refractivity contribution in [1.29, 1.82) is 0 Å². The molecule has 6 nitrogen and oxygen atoms in total. The third kappa shape index (κ3) is 4.23. The molecule has 1 aliphatic heterocycles. The fourth-order valence-corrected chi connectivity index (χ4v) is 5.33. The van der Waals surface area contributed by atoms with Crippen LogP contribution in [0.1, 0.15) is 55.3 Å². The highest BCUT2D eigenvalue weighted by Crippen LogP contribution is 2.28. The van der Waals surface area contributed by atoms with Gasteiger partial charge >= 0.3 is 0 Å². The van der Waals surface area contributed by atoms with Crippen molar-refractivity contribution in [2.24, 2.45) is 5.92 Å². The molecule has 2 aliphatic rings. The molecule has 0 spiro atoms. The van der Waals surface area contributed by atoms with E-state index in [1.54, 1.807) is 0 Å². The van der Waals surface area contributed by atoms with E-state index in [1.165, 1.54) is 24.0 Å². The van der Waals surface area contributed by atoms with Gasteiger partial charge < -0.3 is 10.2 Å². The summed E-state index contributed by atoms with van der Waals surface area (Å²) in [5.74, 6) is 1.44. The van der Waals surface area contributed by atoms with Gasteiger partial charge in [0.15, 0.2) is 5.65 Å². The van der Waals surface area contributed by atoms with E-state index in [9.17, 15) is 4.79 Å². The Labute approximate surface area is 190 Å². The van der Waals surface area contributed by atoms with Crippen LogP contribution in [0.4, 0.5) is 5.82 Å². The summed E-state index contributed by atoms with van der Waals surface area (Å²) in [5, 5.41) is 8.22. The lowest BCUT2D eigenvalue weighted by Crippen LogP contribution is -2.43. The number of aromatic nitrogens is 3. The van der Waals surface area contributed by atoms with Crippen molar-refractivity contribution < 1.29 is 4.79 Å². The zero-order valence-corrected chi connectivity index (χ0v) is 19.4. The summed E-state index contributed by atoms with van der Waals surface area (Å²) in [5.41, 5.74) is 6.40. The second-order valence-electron chi connectivity index (χ2n) is 9.68. The standard InChI is InChI=1S/C26H33N5O/c1-17-12-18(2)14-21(13-17)23-16-24-27-19(3)15-25(31(24)29-23)30-10-8-20(9-11-30)26(32)28-22-6-4-5-7-22/h12-16,20,22H,4-11H2,1-3H3,(H,28,32). The summed E-state index contributed by atoms with van der Waals surface area (Å²) in [6, 6.07) is 11.1. The van der Waals surface area contributed by atoms with Gasteiger partial charge in [-0.3, -0.25) is 4.79 Å². The molecule has 0 unspecified atom stereocenters. The molecular formula is C26H33N5O. The van der Waals surface area contributed by atoms with Crippen LogP contribution in [-0.2, 0) is 4.79 Å². The second-order valence-corrected chi connectivity index (χ2v) is 9.68. The first-order valence-corrected chi connectivity index (χ1v) is 12.0. The van der Waals surface area contributed by atoms with Crippen LogP contribution in [0.5, 0.6) is 0 Å². The minimum absolute atomic E-state index is 0.119. The molecule has 2 fully saturated rings. The number of aryl methyl sites for hydroxylation is 3. The maximum Gasteiger partial charge on any atom is 0.223 e. The van der Waals surface area contributed by atoms with Gasteiger partial charge in [-0.15, -0.1) is 0 Å². The SMILES string of the molecule is Cc1cc(C)cc(-c2cc3nc(C)cc(N4CCC(C(=O)NC5CCCC5)CC4)n3n2)c1. The van der Waals surface area contributed by atoms with Crippen LogP contribution >= 0.6 is 0 Å². The highest BCUT2D eigenvalue weighted by molar-refractivity contribution is 5.79. The molecular weight excluding hydrogens is 398 g/mol. The number of amides is 1. The molecule has 3 heterocycles. The van der Waals surface area contributed by atoms with Gasteiger partial charge in [0.05, 0.1) is 5.69 Å². The van der Waals surface area contributed by atoms with E-state index >= 15 is 0 Å². The van der Waals surface area contributed by atoms with Crippen molar-refractivity contribution in [3.8, 4) is 11.3 Å².